The van der Waals surface area contributed by atoms with E-state index < -0.39 is 0 Å². The SMILES string of the molecule is CC(=O)N1CCCC(Oc2cccc(F)c2Cc2cccnc2)C1. The molecule has 24 heavy (non-hydrogen) atoms. The van der Waals surface area contributed by atoms with Crippen molar-refractivity contribution in [1.82, 2.24) is 9.88 Å². The Hall–Kier alpha value is -2.43. The van der Waals surface area contributed by atoms with Crippen LogP contribution in [0.15, 0.2) is 42.7 Å². The van der Waals surface area contributed by atoms with Crippen LogP contribution in [0.1, 0.15) is 30.9 Å². The van der Waals surface area contributed by atoms with Crippen LogP contribution < -0.4 is 4.74 Å². The average Bonchev–Trinajstić information content (AvgIpc) is 2.59. The van der Waals surface area contributed by atoms with Gasteiger partial charge in [0.15, 0.2) is 0 Å². The van der Waals surface area contributed by atoms with E-state index in [1.807, 2.05) is 12.1 Å². The van der Waals surface area contributed by atoms with Crippen molar-refractivity contribution in [3.63, 3.8) is 0 Å². The Morgan fingerprint density at radius 2 is 2.25 bits per heavy atom. The maximum absolute atomic E-state index is 14.3. The number of halogens is 1. The van der Waals surface area contributed by atoms with Crippen molar-refractivity contribution in [2.75, 3.05) is 13.1 Å². The van der Waals surface area contributed by atoms with Gasteiger partial charge in [-0.1, -0.05) is 12.1 Å². The summed E-state index contributed by atoms with van der Waals surface area (Å²) in [5, 5.41) is 0. The van der Waals surface area contributed by atoms with Gasteiger partial charge in [0.2, 0.25) is 5.91 Å². The van der Waals surface area contributed by atoms with Gasteiger partial charge < -0.3 is 9.64 Å². The molecule has 1 fully saturated rings. The number of aromatic nitrogens is 1. The van der Waals surface area contributed by atoms with Crippen molar-refractivity contribution in [1.29, 1.82) is 0 Å². The van der Waals surface area contributed by atoms with Crippen molar-refractivity contribution in [3.05, 3.63) is 59.7 Å². The first-order valence-electron chi connectivity index (χ1n) is 8.22. The molecule has 3 rings (SSSR count). The van der Waals surface area contributed by atoms with E-state index in [0.717, 1.165) is 24.9 Å². The van der Waals surface area contributed by atoms with E-state index in [9.17, 15) is 9.18 Å². The molecular weight excluding hydrogens is 307 g/mol. The molecule has 0 spiro atoms. The molecule has 126 valence electrons. The first-order chi connectivity index (χ1) is 11.6. The van der Waals surface area contributed by atoms with E-state index in [2.05, 4.69) is 4.98 Å². The summed E-state index contributed by atoms with van der Waals surface area (Å²) in [6.45, 7) is 2.89. The maximum Gasteiger partial charge on any atom is 0.219 e. The fourth-order valence-electron chi connectivity index (χ4n) is 3.03. The molecule has 1 aliphatic rings. The molecule has 1 aromatic carbocycles. The Morgan fingerprint density at radius 3 is 3.00 bits per heavy atom. The van der Waals surface area contributed by atoms with E-state index in [0.29, 0.717) is 24.3 Å². The van der Waals surface area contributed by atoms with Crippen molar-refractivity contribution < 1.29 is 13.9 Å². The Bertz CT molecular complexity index is 706. The number of rotatable bonds is 4. The summed E-state index contributed by atoms with van der Waals surface area (Å²) in [5.74, 6) is 0.322. The van der Waals surface area contributed by atoms with Gasteiger partial charge in [-0.25, -0.2) is 4.39 Å². The molecule has 1 unspecified atom stereocenters. The lowest BCUT2D eigenvalue weighted by molar-refractivity contribution is -0.131. The summed E-state index contributed by atoms with van der Waals surface area (Å²) in [4.78, 5) is 17.4. The summed E-state index contributed by atoms with van der Waals surface area (Å²) >= 11 is 0. The molecule has 5 heteroatoms. The molecule has 0 N–H and O–H groups in total. The standard InChI is InChI=1S/C19H21FN2O2/c1-14(23)22-10-4-6-16(13-22)24-19-8-2-7-18(20)17(19)11-15-5-3-9-21-12-15/h2-3,5,7-9,12,16H,4,6,10-11,13H2,1H3. The smallest absolute Gasteiger partial charge is 0.219 e. The number of pyridine rings is 1. The monoisotopic (exact) mass is 328 g/mol. The molecular formula is C19H21FN2O2. The van der Waals surface area contributed by atoms with Gasteiger partial charge in [-0.3, -0.25) is 9.78 Å². The molecule has 2 heterocycles. The number of piperidine rings is 1. The highest BCUT2D eigenvalue weighted by molar-refractivity contribution is 5.73. The number of carbonyl (C=O) groups is 1. The summed E-state index contributed by atoms with van der Waals surface area (Å²) in [5.41, 5.74) is 1.46. The lowest BCUT2D eigenvalue weighted by atomic mass is 10.0. The molecule has 4 nitrogen and oxygen atoms in total. The third kappa shape index (κ3) is 3.91. The third-order valence-corrected chi connectivity index (χ3v) is 4.30. The largest absolute Gasteiger partial charge is 0.488 e. The summed E-state index contributed by atoms with van der Waals surface area (Å²) < 4.78 is 20.4. The second-order valence-corrected chi connectivity index (χ2v) is 6.10. The number of hydrogen-bond donors (Lipinski definition) is 0. The topological polar surface area (TPSA) is 42.4 Å². The van der Waals surface area contributed by atoms with E-state index in [1.165, 1.54) is 6.07 Å². The average molecular weight is 328 g/mol. The van der Waals surface area contributed by atoms with Gasteiger partial charge in [-0.2, -0.15) is 0 Å². The zero-order valence-electron chi connectivity index (χ0n) is 13.7. The summed E-state index contributed by atoms with van der Waals surface area (Å²) in [7, 11) is 0. The van der Waals surface area contributed by atoms with Gasteiger partial charge in [-0.15, -0.1) is 0 Å². The van der Waals surface area contributed by atoms with Crippen LogP contribution in [0.3, 0.4) is 0 Å². The fourth-order valence-corrected chi connectivity index (χ4v) is 3.03. The number of carbonyl (C=O) groups excluding carboxylic acids is 1. The third-order valence-electron chi connectivity index (χ3n) is 4.30. The Kier molecular flexibility index (Phi) is 5.08. The molecule has 2 aromatic rings. The molecule has 0 saturated carbocycles. The molecule has 0 aliphatic carbocycles. The Labute approximate surface area is 141 Å². The van der Waals surface area contributed by atoms with Gasteiger partial charge in [0.05, 0.1) is 6.54 Å². The number of nitrogens with zero attached hydrogens (tertiary/aromatic N) is 2. The zero-order chi connectivity index (χ0) is 16.9. The predicted molar refractivity (Wildman–Crippen MR) is 89.3 cm³/mol. The Morgan fingerprint density at radius 1 is 1.38 bits per heavy atom. The van der Waals surface area contributed by atoms with Crippen LogP contribution in [-0.2, 0) is 11.2 Å². The van der Waals surface area contributed by atoms with Crippen molar-refractivity contribution >= 4 is 5.91 Å². The molecule has 0 radical (unpaired) electrons. The van der Waals surface area contributed by atoms with E-state index in [1.54, 1.807) is 36.4 Å². The van der Waals surface area contributed by atoms with Crippen LogP contribution in [0.25, 0.3) is 0 Å². The zero-order valence-corrected chi connectivity index (χ0v) is 13.7. The number of benzene rings is 1. The lowest BCUT2D eigenvalue weighted by Gasteiger charge is -2.32. The van der Waals surface area contributed by atoms with Crippen LogP contribution in [-0.4, -0.2) is 35.0 Å². The predicted octanol–water partition coefficient (Wildman–Crippen LogP) is 3.20. The van der Waals surface area contributed by atoms with E-state index in [-0.39, 0.29) is 17.8 Å². The molecule has 0 bridgehead atoms. The number of ether oxygens (including phenoxy) is 1. The minimum atomic E-state index is -0.282. The lowest BCUT2D eigenvalue weighted by Crippen LogP contribution is -2.43. The fraction of sp³-hybridized carbons (Fsp3) is 0.368. The van der Waals surface area contributed by atoms with Crippen LogP contribution >= 0.6 is 0 Å². The highest BCUT2D eigenvalue weighted by atomic mass is 19.1. The van der Waals surface area contributed by atoms with Gasteiger partial charge in [0, 0.05) is 37.8 Å². The second kappa shape index (κ2) is 7.43. The Balaban J connectivity index is 1.78. The first-order valence-corrected chi connectivity index (χ1v) is 8.22. The normalized spacial score (nSPS) is 17.6. The van der Waals surface area contributed by atoms with Crippen molar-refractivity contribution in [3.8, 4) is 5.75 Å². The van der Waals surface area contributed by atoms with E-state index in [4.69, 9.17) is 4.74 Å². The minimum Gasteiger partial charge on any atom is -0.488 e. The highest BCUT2D eigenvalue weighted by Gasteiger charge is 2.24. The minimum absolute atomic E-state index is 0.0538. The van der Waals surface area contributed by atoms with Gasteiger partial charge >= 0.3 is 0 Å². The first kappa shape index (κ1) is 16.4. The van der Waals surface area contributed by atoms with Gasteiger partial charge in [0.1, 0.15) is 17.7 Å². The van der Waals surface area contributed by atoms with Crippen LogP contribution in [0, 0.1) is 5.82 Å². The van der Waals surface area contributed by atoms with Crippen LogP contribution in [0.2, 0.25) is 0 Å². The molecule has 1 aromatic heterocycles. The maximum atomic E-state index is 14.3. The van der Waals surface area contributed by atoms with Crippen LogP contribution in [0.4, 0.5) is 4.39 Å². The molecule has 1 amide bonds. The van der Waals surface area contributed by atoms with E-state index >= 15 is 0 Å². The number of amides is 1. The van der Waals surface area contributed by atoms with Gasteiger partial charge in [0.25, 0.3) is 0 Å². The quantitative estimate of drug-likeness (QED) is 0.865. The van der Waals surface area contributed by atoms with Crippen LogP contribution in [0.5, 0.6) is 5.75 Å². The van der Waals surface area contributed by atoms with Crippen molar-refractivity contribution in [2.24, 2.45) is 0 Å². The number of likely N-dealkylation sites (tertiary alicyclic amines) is 1. The second-order valence-electron chi connectivity index (χ2n) is 6.10. The summed E-state index contributed by atoms with van der Waals surface area (Å²) in [6.07, 6.45) is 5.52. The van der Waals surface area contributed by atoms with Crippen molar-refractivity contribution in [2.45, 2.75) is 32.3 Å². The molecule has 1 saturated heterocycles. The number of hydrogen-bond acceptors (Lipinski definition) is 3. The molecule has 1 atom stereocenters. The summed E-state index contributed by atoms with van der Waals surface area (Å²) in [6, 6.07) is 8.65. The van der Waals surface area contributed by atoms with Gasteiger partial charge in [-0.05, 0) is 36.6 Å². The highest BCUT2D eigenvalue weighted by Crippen LogP contribution is 2.27. The molecule has 1 aliphatic heterocycles.